The Morgan fingerprint density at radius 1 is 1.29 bits per heavy atom. The van der Waals surface area contributed by atoms with Crippen molar-refractivity contribution in [1.82, 2.24) is 9.55 Å². The molecule has 0 aliphatic heterocycles. The third-order valence-electron chi connectivity index (χ3n) is 3.34. The topological polar surface area (TPSA) is 66.2 Å². The van der Waals surface area contributed by atoms with Gasteiger partial charge in [-0.25, -0.2) is 4.98 Å². The van der Waals surface area contributed by atoms with Gasteiger partial charge in [-0.3, -0.25) is 0 Å². The van der Waals surface area contributed by atoms with Gasteiger partial charge in [-0.15, -0.1) is 0 Å². The van der Waals surface area contributed by atoms with Crippen LogP contribution in [0.5, 0.6) is 5.75 Å². The number of fused-ring (bicyclic) bond motifs is 1. The number of nitrogens with zero attached hydrogens (tertiary/aromatic N) is 2. The number of ether oxygens (including phenoxy) is 1. The van der Waals surface area contributed by atoms with E-state index in [0.29, 0.717) is 19.1 Å². The zero-order valence-electron chi connectivity index (χ0n) is 12.3. The number of hydrogen-bond donors (Lipinski definition) is 1. The van der Waals surface area contributed by atoms with E-state index in [9.17, 15) is 0 Å². The van der Waals surface area contributed by atoms with Crippen molar-refractivity contribution >= 4 is 17.0 Å². The van der Waals surface area contributed by atoms with Crippen molar-refractivity contribution in [1.29, 1.82) is 0 Å². The predicted molar refractivity (Wildman–Crippen MR) is 82.5 cm³/mol. The molecule has 0 aliphatic carbocycles. The van der Waals surface area contributed by atoms with Crippen molar-refractivity contribution in [3.8, 4) is 5.75 Å². The summed E-state index contributed by atoms with van der Waals surface area (Å²) in [5.41, 5.74) is 7.81. The van der Waals surface area contributed by atoms with Gasteiger partial charge < -0.3 is 19.5 Å². The highest BCUT2D eigenvalue weighted by molar-refractivity contribution is 5.84. The number of aryl methyl sites for hydroxylation is 1. The van der Waals surface area contributed by atoms with Crippen LogP contribution in [0.15, 0.2) is 34.7 Å². The number of nitrogens with two attached hydrogens (primary N) is 1. The van der Waals surface area contributed by atoms with Gasteiger partial charge in [0.15, 0.2) is 0 Å². The van der Waals surface area contributed by atoms with Crippen LogP contribution in [0.3, 0.4) is 0 Å². The summed E-state index contributed by atoms with van der Waals surface area (Å²) in [6.45, 7) is 5.23. The molecule has 0 radical (unpaired) electrons. The fourth-order valence-corrected chi connectivity index (χ4v) is 2.36. The fourth-order valence-electron chi connectivity index (χ4n) is 2.36. The predicted octanol–water partition coefficient (Wildman–Crippen LogP) is 3.36. The highest BCUT2D eigenvalue weighted by atomic mass is 16.5. The van der Waals surface area contributed by atoms with Crippen LogP contribution in [-0.2, 0) is 6.54 Å². The fraction of sp³-hybridized carbons (Fsp3) is 0.312. The maximum atomic E-state index is 6.06. The average molecular weight is 285 g/mol. The van der Waals surface area contributed by atoms with Gasteiger partial charge in [0.25, 0.3) is 0 Å². The summed E-state index contributed by atoms with van der Waals surface area (Å²) in [4.78, 5) is 4.44. The molecule has 2 aromatic heterocycles. The first-order valence-corrected chi connectivity index (χ1v) is 7.12. The molecular formula is C16H19N3O2. The van der Waals surface area contributed by atoms with E-state index >= 15 is 0 Å². The molecule has 3 aromatic rings. The molecule has 0 aliphatic rings. The number of rotatable bonds is 5. The van der Waals surface area contributed by atoms with Gasteiger partial charge in [0, 0.05) is 0 Å². The van der Waals surface area contributed by atoms with E-state index in [2.05, 4.69) is 11.9 Å². The molecule has 0 fully saturated rings. The molecule has 2 heterocycles. The standard InChI is InChI=1S/C16H19N3O2/c1-3-9-20-14-6-4-5-13-15(14)18-16(17)19(13)10-12-8-7-11(2)21-12/h4-8H,3,9-10H2,1-2H3,(H2,17,18). The second-order valence-electron chi connectivity index (χ2n) is 5.04. The molecule has 0 atom stereocenters. The highest BCUT2D eigenvalue weighted by Crippen LogP contribution is 2.28. The number of anilines is 1. The molecule has 0 bridgehead atoms. The monoisotopic (exact) mass is 285 g/mol. The summed E-state index contributed by atoms with van der Waals surface area (Å²) >= 11 is 0. The molecule has 110 valence electrons. The van der Waals surface area contributed by atoms with Gasteiger partial charge in [-0.1, -0.05) is 13.0 Å². The highest BCUT2D eigenvalue weighted by Gasteiger charge is 2.13. The maximum Gasteiger partial charge on any atom is 0.201 e. The molecule has 21 heavy (non-hydrogen) atoms. The number of aromatic nitrogens is 2. The Bertz CT molecular complexity index is 758. The van der Waals surface area contributed by atoms with Crippen molar-refractivity contribution in [3.05, 3.63) is 41.9 Å². The smallest absolute Gasteiger partial charge is 0.201 e. The van der Waals surface area contributed by atoms with Gasteiger partial charge in [0.1, 0.15) is 22.8 Å². The summed E-state index contributed by atoms with van der Waals surface area (Å²) < 4.78 is 13.3. The van der Waals surface area contributed by atoms with E-state index in [-0.39, 0.29) is 0 Å². The van der Waals surface area contributed by atoms with Crippen LogP contribution >= 0.6 is 0 Å². The Labute approximate surface area is 123 Å². The Hall–Kier alpha value is -2.43. The molecule has 3 rings (SSSR count). The van der Waals surface area contributed by atoms with E-state index in [1.54, 1.807) is 0 Å². The third-order valence-corrected chi connectivity index (χ3v) is 3.34. The zero-order chi connectivity index (χ0) is 14.8. The lowest BCUT2D eigenvalue weighted by Crippen LogP contribution is -2.03. The Balaban J connectivity index is 2.00. The minimum atomic E-state index is 0.464. The number of imidazole rings is 1. The van der Waals surface area contributed by atoms with E-state index in [1.807, 2.05) is 41.8 Å². The molecule has 1 aromatic carbocycles. The van der Waals surface area contributed by atoms with Crippen molar-refractivity contribution in [2.45, 2.75) is 26.8 Å². The first kappa shape index (κ1) is 13.5. The number of furan rings is 1. The van der Waals surface area contributed by atoms with Crippen LogP contribution < -0.4 is 10.5 Å². The van der Waals surface area contributed by atoms with Crippen LogP contribution in [0.2, 0.25) is 0 Å². The Morgan fingerprint density at radius 3 is 2.86 bits per heavy atom. The molecule has 0 spiro atoms. The molecule has 2 N–H and O–H groups in total. The van der Waals surface area contributed by atoms with Crippen molar-refractivity contribution < 1.29 is 9.15 Å². The van der Waals surface area contributed by atoms with Crippen molar-refractivity contribution in [2.24, 2.45) is 0 Å². The third kappa shape index (κ3) is 2.59. The summed E-state index contributed by atoms with van der Waals surface area (Å²) in [5, 5.41) is 0. The minimum Gasteiger partial charge on any atom is -0.491 e. The lowest BCUT2D eigenvalue weighted by molar-refractivity contribution is 0.320. The second kappa shape index (κ2) is 5.52. The van der Waals surface area contributed by atoms with Gasteiger partial charge >= 0.3 is 0 Å². The van der Waals surface area contributed by atoms with E-state index < -0.39 is 0 Å². The van der Waals surface area contributed by atoms with Crippen LogP contribution in [0.4, 0.5) is 5.95 Å². The lowest BCUT2D eigenvalue weighted by Gasteiger charge is -2.06. The number of nitrogen functional groups attached to an aromatic ring is 1. The Morgan fingerprint density at radius 2 is 2.14 bits per heavy atom. The molecule has 0 amide bonds. The first-order chi connectivity index (χ1) is 10.2. The van der Waals surface area contributed by atoms with E-state index in [4.69, 9.17) is 14.9 Å². The van der Waals surface area contributed by atoms with Crippen molar-refractivity contribution in [2.75, 3.05) is 12.3 Å². The number of para-hydroxylation sites is 1. The minimum absolute atomic E-state index is 0.464. The SMILES string of the molecule is CCCOc1cccc2c1nc(N)n2Cc1ccc(C)o1. The van der Waals surface area contributed by atoms with Gasteiger partial charge in [0.2, 0.25) is 5.95 Å². The van der Waals surface area contributed by atoms with Gasteiger partial charge in [-0.05, 0) is 37.6 Å². The van der Waals surface area contributed by atoms with Crippen LogP contribution in [-0.4, -0.2) is 16.2 Å². The normalized spacial score (nSPS) is 11.1. The van der Waals surface area contributed by atoms with Crippen LogP contribution in [0, 0.1) is 6.92 Å². The second-order valence-corrected chi connectivity index (χ2v) is 5.04. The van der Waals surface area contributed by atoms with Crippen molar-refractivity contribution in [3.63, 3.8) is 0 Å². The number of hydrogen-bond acceptors (Lipinski definition) is 4. The molecular weight excluding hydrogens is 266 g/mol. The summed E-state index contributed by atoms with van der Waals surface area (Å²) in [6.07, 6.45) is 0.957. The summed E-state index contributed by atoms with van der Waals surface area (Å²) in [7, 11) is 0. The first-order valence-electron chi connectivity index (χ1n) is 7.12. The summed E-state index contributed by atoms with van der Waals surface area (Å²) in [6, 6.07) is 9.77. The van der Waals surface area contributed by atoms with E-state index in [0.717, 1.165) is 34.7 Å². The van der Waals surface area contributed by atoms with Crippen LogP contribution in [0.1, 0.15) is 24.9 Å². The maximum absolute atomic E-state index is 6.06. The van der Waals surface area contributed by atoms with Gasteiger partial charge in [-0.2, -0.15) is 0 Å². The van der Waals surface area contributed by atoms with Crippen LogP contribution in [0.25, 0.3) is 11.0 Å². The quantitative estimate of drug-likeness (QED) is 0.780. The van der Waals surface area contributed by atoms with E-state index in [1.165, 1.54) is 0 Å². The molecule has 0 saturated carbocycles. The molecule has 0 saturated heterocycles. The lowest BCUT2D eigenvalue weighted by atomic mass is 10.3. The summed E-state index contributed by atoms with van der Waals surface area (Å²) in [5.74, 6) is 2.99. The molecule has 0 unspecified atom stereocenters. The Kier molecular flexibility index (Phi) is 3.56. The number of benzene rings is 1. The molecule has 5 nitrogen and oxygen atoms in total. The average Bonchev–Trinajstić information content (AvgIpc) is 3.02. The van der Waals surface area contributed by atoms with Gasteiger partial charge in [0.05, 0.1) is 18.7 Å². The zero-order valence-corrected chi connectivity index (χ0v) is 12.3. The largest absolute Gasteiger partial charge is 0.491 e. The molecule has 5 heteroatoms.